The van der Waals surface area contributed by atoms with Gasteiger partial charge in [-0.2, -0.15) is 0 Å². The van der Waals surface area contributed by atoms with Crippen molar-refractivity contribution in [2.45, 2.75) is 32.8 Å². The smallest absolute Gasteiger partial charge is 0.184 e. The molecule has 138 valence electrons. The summed E-state index contributed by atoms with van der Waals surface area (Å²) in [6.07, 6.45) is 0. The maximum atomic E-state index is 6.33. The van der Waals surface area contributed by atoms with Gasteiger partial charge in [0.15, 0.2) is 20.0 Å². The molecular formula is C20H21ClN4OSi. The molecule has 2 heterocycles. The highest BCUT2D eigenvalue weighted by Crippen LogP contribution is 2.28. The molecule has 1 aliphatic heterocycles. The molecule has 27 heavy (non-hydrogen) atoms. The minimum atomic E-state index is -1.67. The predicted molar refractivity (Wildman–Crippen MR) is 110 cm³/mol. The number of halogens is 1. The van der Waals surface area contributed by atoms with Gasteiger partial charge >= 0.3 is 0 Å². The van der Waals surface area contributed by atoms with Gasteiger partial charge in [0, 0.05) is 16.1 Å². The Labute approximate surface area is 164 Å². The fourth-order valence-corrected chi connectivity index (χ4v) is 3.81. The van der Waals surface area contributed by atoms with E-state index in [1.54, 1.807) is 0 Å². The Morgan fingerprint density at radius 1 is 1.07 bits per heavy atom. The molecule has 1 aliphatic rings. The highest BCUT2D eigenvalue weighted by Gasteiger charge is 2.24. The summed E-state index contributed by atoms with van der Waals surface area (Å²) in [4.78, 5) is 4.84. The van der Waals surface area contributed by atoms with Gasteiger partial charge in [-0.25, -0.2) is 0 Å². The summed E-state index contributed by atoms with van der Waals surface area (Å²) in [7, 11) is -1.67. The van der Waals surface area contributed by atoms with Gasteiger partial charge in [-0.15, -0.1) is 10.2 Å². The summed E-state index contributed by atoms with van der Waals surface area (Å²) in [6.45, 7) is 7.38. The summed E-state index contributed by atoms with van der Waals surface area (Å²) >= 11 is 6.33. The van der Waals surface area contributed by atoms with Crippen LogP contribution >= 0.6 is 11.6 Å². The third kappa shape index (κ3) is 3.74. The second kappa shape index (κ2) is 7.03. The van der Waals surface area contributed by atoms with Crippen LogP contribution in [0.5, 0.6) is 0 Å². The predicted octanol–water partition coefficient (Wildman–Crippen LogP) is 4.62. The first kappa shape index (κ1) is 18.1. The van der Waals surface area contributed by atoms with Crippen LogP contribution in [0.1, 0.15) is 22.8 Å². The third-order valence-electron chi connectivity index (χ3n) is 4.31. The number of hydrogen-bond donors (Lipinski definition) is 0. The second-order valence-electron chi connectivity index (χ2n) is 7.46. The number of hydrogen-bond acceptors (Lipinski definition) is 4. The normalized spacial score (nSPS) is 13.6. The molecule has 0 saturated carbocycles. The Kier molecular flexibility index (Phi) is 4.71. The van der Waals surface area contributed by atoms with Crippen molar-refractivity contribution in [3.8, 4) is 5.69 Å². The Hall–Kier alpha value is -2.28. The van der Waals surface area contributed by atoms with E-state index in [1.807, 2.05) is 36.4 Å². The van der Waals surface area contributed by atoms with Crippen LogP contribution in [0.2, 0.25) is 24.7 Å². The first-order valence-corrected chi connectivity index (χ1v) is 12.7. The fourth-order valence-electron chi connectivity index (χ4n) is 3.08. The SMILES string of the molecule is C[Si](C)(C)OCc1nnc2n1-c1ccc(Cl)cc1C(c1ccccc1)=NC2. The molecule has 0 aliphatic carbocycles. The molecule has 5 nitrogen and oxygen atoms in total. The number of nitrogens with zero attached hydrogens (tertiary/aromatic N) is 4. The first-order valence-electron chi connectivity index (χ1n) is 8.90. The largest absolute Gasteiger partial charge is 0.410 e. The van der Waals surface area contributed by atoms with Gasteiger partial charge in [0.25, 0.3) is 0 Å². The number of rotatable bonds is 4. The number of aromatic nitrogens is 3. The van der Waals surface area contributed by atoms with E-state index in [0.29, 0.717) is 18.2 Å². The summed E-state index contributed by atoms with van der Waals surface area (Å²) in [5.74, 6) is 1.60. The molecule has 0 radical (unpaired) electrons. The van der Waals surface area contributed by atoms with Gasteiger partial charge in [-0.1, -0.05) is 41.9 Å². The lowest BCUT2D eigenvalue weighted by atomic mass is 10.0. The zero-order chi connectivity index (χ0) is 19.0. The van der Waals surface area contributed by atoms with E-state index in [0.717, 1.165) is 34.2 Å². The molecule has 1 aromatic heterocycles. The van der Waals surface area contributed by atoms with E-state index in [4.69, 9.17) is 21.0 Å². The summed E-state index contributed by atoms with van der Waals surface area (Å²) in [5.41, 5.74) is 3.92. The van der Waals surface area contributed by atoms with Crippen molar-refractivity contribution < 1.29 is 4.43 Å². The van der Waals surface area contributed by atoms with Crippen LogP contribution in [0.15, 0.2) is 53.5 Å². The lowest BCUT2D eigenvalue weighted by Gasteiger charge is -2.18. The van der Waals surface area contributed by atoms with E-state index in [1.165, 1.54) is 0 Å². The average molecular weight is 397 g/mol. The van der Waals surface area contributed by atoms with Crippen LogP contribution in [-0.4, -0.2) is 28.8 Å². The van der Waals surface area contributed by atoms with Gasteiger partial charge in [0.1, 0.15) is 6.54 Å². The molecule has 2 aromatic carbocycles. The number of benzene rings is 2. The topological polar surface area (TPSA) is 52.3 Å². The molecule has 4 rings (SSSR count). The van der Waals surface area contributed by atoms with Gasteiger partial charge in [-0.05, 0) is 37.8 Å². The van der Waals surface area contributed by atoms with Crippen LogP contribution in [0.4, 0.5) is 0 Å². The molecule has 0 spiro atoms. The Bertz CT molecular complexity index is 1010. The summed E-state index contributed by atoms with van der Waals surface area (Å²) in [5, 5.41) is 9.42. The third-order valence-corrected chi connectivity index (χ3v) is 5.56. The van der Waals surface area contributed by atoms with Crippen LogP contribution in [-0.2, 0) is 17.6 Å². The van der Waals surface area contributed by atoms with Crippen LogP contribution in [0, 0.1) is 0 Å². The van der Waals surface area contributed by atoms with E-state index in [-0.39, 0.29) is 0 Å². The van der Waals surface area contributed by atoms with Gasteiger partial charge in [-0.3, -0.25) is 9.56 Å². The Morgan fingerprint density at radius 2 is 1.85 bits per heavy atom. The maximum Gasteiger partial charge on any atom is 0.184 e. The van der Waals surface area contributed by atoms with E-state index in [2.05, 4.69) is 46.5 Å². The van der Waals surface area contributed by atoms with Gasteiger partial charge in [0.2, 0.25) is 0 Å². The zero-order valence-corrected chi connectivity index (χ0v) is 17.4. The molecular weight excluding hydrogens is 376 g/mol. The van der Waals surface area contributed by atoms with Gasteiger partial charge in [0.05, 0.1) is 18.0 Å². The Morgan fingerprint density at radius 3 is 2.59 bits per heavy atom. The lowest BCUT2D eigenvalue weighted by molar-refractivity contribution is 0.286. The van der Waals surface area contributed by atoms with Crippen molar-refractivity contribution in [3.63, 3.8) is 0 Å². The molecule has 3 aromatic rings. The average Bonchev–Trinajstić information content (AvgIpc) is 2.96. The van der Waals surface area contributed by atoms with Crippen LogP contribution in [0.3, 0.4) is 0 Å². The van der Waals surface area contributed by atoms with E-state index in [9.17, 15) is 0 Å². The van der Waals surface area contributed by atoms with Crippen molar-refractivity contribution >= 4 is 25.6 Å². The minimum Gasteiger partial charge on any atom is -0.410 e. The minimum absolute atomic E-state index is 0.436. The summed E-state index contributed by atoms with van der Waals surface area (Å²) in [6, 6.07) is 16.0. The van der Waals surface area contributed by atoms with Crippen molar-refractivity contribution in [1.29, 1.82) is 0 Å². The van der Waals surface area contributed by atoms with Gasteiger partial charge < -0.3 is 4.43 Å². The summed E-state index contributed by atoms with van der Waals surface area (Å²) < 4.78 is 8.14. The second-order valence-corrected chi connectivity index (χ2v) is 12.4. The Balaban J connectivity index is 1.85. The van der Waals surface area contributed by atoms with Crippen molar-refractivity contribution in [3.05, 3.63) is 76.3 Å². The molecule has 0 amide bonds. The standard InChI is InChI=1S/C20H21ClN4OSi/c1-27(2,3)26-13-19-24-23-18-12-22-20(14-7-5-4-6-8-14)16-11-15(21)9-10-17(16)25(18)19/h4-11H,12-13H2,1-3H3. The molecule has 0 fully saturated rings. The molecule has 7 heteroatoms. The highest BCUT2D eigenvalue weighted by atomic mass is 35.5. The van der Waals surface area contributed by atoms with Crippen molar-refractivity contribution in [2.24, 2.45) is 4.99 Å². The maximum absolute atomic E-state index is 6.33. The quantitative estimate of drug-likeness (QED) is 0.604. The molecule has 0 N–H and O–H groups in total. The van der Waals surface area contributed by atoms with E-state index >= 15 is 0 Å². The molecule has 0 bridgehead atoms. The highest BCUT2D eigenvalue weighted by molar-refractivity contribution is 6.69. The van der Waals surface area contributed by atoms with Crippen molar-refractivity contribution in [1.82, 2.24) is 14.8 Å². The first-order chi connectivity index (χ1) is 12.9. The molecule has 0 saturated heterocycles. The number of aliphatic imine (C=N–C) groups is 1. The molecule has 0 atom stereocenters. The van der Waals surface area contributed by atoms with E-state index < -0.39 is 8.32 Å². The van der Waals surface area contributed by atoms with Crippen LogP contribution < -0.4 is 0 Å². The van der Waals surface area contributed by atoms with Crippen molar-refractivity contribution in [2.75, 3.05) is 0 Å². The van der Waals surface area contributed by atoms with Crippen LogP contribution in [0.25, 0.3) is 5.69 Å². The monoisotopic (exact) mass is 396 g/mol. The fraction of sp³-hybridized carbons (Fsp3) is 0.250. The molecule has 0 unspecified atom stereocenters. The lowest BCUT2D eigenvalue weighted by Crippen LogP contribution is -2.26. The number of fused-ring (bicyclic) bond motifs is 3. The zero-order valence-electron chi connectivity index (χ0n) is 15.6.